The summed E-state index contributed by atoms with van der Waals surface area (Å²) in [6.45, 7) is 5.46. The van der Waals surface area contributed by atoms with Crippen molar-refractivity contribution in [3.05, 3.63) is 57.6 Å². The Balaban J connectivity index is 1.71. The summed E-state index contributed by atoms with van der Waals surface area (Å²) in [7, 11) is 0. The van der Waals surface area contributed by atoms with Crippen LogP contribution in [-0.4, -0.2) is 24.4 Å². The van der Waals surface area contributed by atoms with Crippen molar-refractivity contribution < 1.29 is 19.1 Å². The van der Waals surface area contributed by atoms with Gasteiger partial charge in [0.05, 0.1) is 6.42 Å². The monoisotopic (exact) mass is 446 g/mol. The fourth-order valence-corrected chi connectivity index (χ4v) is 2.64. The van der Waals surface area contributed by atoms with Gasteiger partial charge in [-0.15, -0.1) is 0 Å². The maximum atomic E-state index is 11.9. The highest BCUT2D eigenvalue weighted by Crippen LogP contribution is 2.20. The molecule has 2 N–H and O–H groups in total. The molecule has 0 saturated heterocycles. The summed E-state index contributed by atoms with van der Waals surface area (Å²) in [5.41, 5.74) is 4.49. The normalized spacial score (nSPS) is 10.3. The molecule has 0 radical (unpaired) electrons. The highest BCUT2D eigenvalue weighted by Gasteiger charge is 2.11. The van der Waals surface area contributed by atoms with Crippen molar-refractivity contribution in [2.45, 2.75) is 33.6 Å². The molecule has 0 heterocycles. The van der Waals surface area contributed by atoms with Gasteiger partial charge in [-0.25, -0.2) is 0 Å². The van der Waals surface area contributed by atoms with E-state index in [2.05, 4.69) is 26.6 Å². The molecule has 28 heavy (non-hydrogen) atoms. The van der Waals surface area contributed by atoms with E-state index in [-0.39, 0.29) is 18.7 Å². The van der Waals surface area contributed by atoms with E-state index in [1.165, 1.54) is 0 Å². The first-order valence-electron chi connectivity index (χ1n) is 8.83. The molecule has 2 rings (SSSR count). The Hall–Kier alpha value is -2.67. The molecule has 0 bridgehead atoms. The van der Waals surface area contributed by atoms with Gasteiger partial charge < -0.3 is 15.4 Å². The predicted molar refractivity (Wildman–Crippen MR) is 112 cm³/mol. The third kappa shape index (κ3) is 6.81. The molecule has 0 saturated carbocycles. The average molecular weight is 447 g/mol. The second kappa shape index (κ2) is 10.0. The number of anilines is 2. The zero-order valence-corrected chi connectivity index (χ0v) is 17.7. The van der Waals surface area contributed by atoms with E-state index in [4.69, 9.17) is 4.74 Å². The van der Waals surface area contributed by atoms with E-state index < -0.39 is 18.5 Å². The Bertz CT molecular complexity index is 824. The van der Waals surface area contributed by atoms with E-state index in [0.717, 1.165) is 21.2 Å². The number of carbonyl (C=O) groups is 3. The minimum absolute atomic E-state index is 0.0146. The van der Waals surface area contributed by atoms with Crippen LogP contribution in [0.4, 0.5) is 11.4 Å². The zero-order chi connectivity index (χ0) is 20.7. The predicted octanol–water partition coefficient (Wildman–Crippen LogP) is 4.27. The molecule has 0 aliphatic carbocycles. The molecule has 148 valence electrons. The van der Waals surface area contributed by atoms with Crippen LogP contribution in [0.15, 0.2) is 40.9 Å². The van der Waals surface area contributed by atoms with Gasteiger partial charge >= 0.3 is 5.97 Å². The summed E-state index contributed by atoms with van der Waals surface area (Å²) in [4.78, 5) is 35.6. The van der Waals surface area contributed by atoms with Gasteiger partial charge in [0, 0.05) is 22.3 Å². The van der Waals surface area contributed by atoms with Gasteiger partial charge in [-0.1, -0.05) is 22.0 Å². The number of rotatable bonds is 7. The van der Waals surface area contributed by atoms with Crippen molar-refractivity contribution in [3.8, 4) is 0 Å². The van der Waals surface area contributed by atoms with E-state index >= 15 is 0 Å². The highest BCUT2D eigenvalue weighted by molar-refractivity contribution is 9.10. The number of benzene rings is 2. The van der Waals surface area contributed by atoms with E-state index in [9.17, 15) is 14.4 Å². The second-order valence-electron chi connectivity index (χ2n) is 6.52. The molecule has 2 amide bonds. The van der Waals surface area contributed by atoms with E-state index in [1.807, 2.05) is 45.0 Å². The van der Waals surface area contributed by atoms with Gasteiger partial charge in [-0.2, -0.15) is 0 Å². The molecule has 2 aromatic carbocycles. The standard InChI is InChI=1S/C21H23BrN2O4/c1-13-4-5-16(10-14(13)2)23-19(25)8-9-21(27)28-12-20(26)24-17-6-7-18(22)15(3)11-17/h4-7,10-11H,8-9,12H2,1-3H3,(H,23,25)(H,24,26). The molecule has 0 unspecified atom stereocenters. The van der Waals surface area contributed by atoms with Crippen LogP contribution in [0.3, 0.4) is 0 Å². The van der Waals surface area contributed by atoms with Crippen LogP contribution in [0.25, 0.3) is 0 Å². The van der Waals surface area contributed by atoms with Gasteiger partial charge in [-0.3, -0.25) is 14.4 Å². The largest absolute Gasteiger partial charge is 0.456 e. The number of amides is 2. The number of ether oxygens (including phenoxy) is 1. The van der Waals surface area contributed by atoms with Crippen LogP contribution in [0.1, 0.15) is 29.5 Å². The van der Waals surface area contributed by atoms with Crippen molar-refractivity contribution in [2.24, 2.45) is 0 Å². The van der Waals surface area contributed by atoms with Gasteiger partial charge in [0.15, 0.2) is 6.61 Å². The van der Waals surface area contributed by atoms with Crippen LogP contribution in [0.2, 0.25) is 0 Å². The highest BCUT2D eigenvalue weighted by atomic mass is 79.9. The van der Waals surface area contributed by atoms with Gasteiger partial charge in [-0.05, 0) is 67.8 Å². The molecule has 0 atom stereocenters. The van der Waals surface area contributed by atoms with Crippen LogP contribution < -0.4 is 10.6 Å². The fourth-order valence-electron chi connectivity index (χ4n) is 2.40. The van der Waals surface area contributed by atoms with Crippen molar-refractivity contribution in [1.29, 1.82) is 0 Å². The number of esters is 1. The maximum absolute atomic E-state index is 11.9. The van der Waals surface area contributed by atoms with Crippen LogP contribution in [0.5, 0.6) is 0 Å². The molecule has 0 spiro atoms. The zero-order valence-electron chi connectivity index (χ0n) is 16.1. The smallest absolute Gasteiger partial charge is 0.306 e. The Morgan fingerprint density at radius 1 is 0.821 bits per heavy atom. The molecular weight excluding hydrogens is 424 g/mol. The van der Waals surface area contributed by atoms with Gasteiger partial charge in [0.2, 0.25) is 5.91 Å². The summed E-state index contributed by atoms with van der Waals surface area (Å²) in [6, 6.07) is 11.0. The number of aryl methyl sites for hydroxylation is 3. The Morgan fingerprint density at radius 3 is 2.07 bits per heavy atom. The molecule has 0 aliphatic rings. The maximum Gasteiger partial charge on any atom is 0.306 e. The molecule has 0 aliphatic heterocycles. The minimum atomic E-state index is -0.600. The van der Waals surface area contributed by atoms with Gasteiger partial charge in [0.1, 0.15) is 0 Å². The lowest BCUT2D eigenvalue weighted by Crippen LogP contribution is -2.21. The third-order valence-corrected chi connectivity index (χ3v) is 5.04. The summed E-state index contributed by atoms with van der Waals surface area (Å²) >= 11 is 3.39. The fraction of sp³-hybridized carbons (Fsp3) is 0.286. The lowest BCUT2D eigenvalue weighted by molar-refractivity contribution is -0.147. The SMILES string of the molecule is Cc1ccc(NC(=O)CCC(=O)OCC(=O)Nc2ccc(Br)c(C)c2)cc1C. The van der Waals surface area contributed by atoms with Crippen molar-refractivity contribution >= 4 is 45.1 Å². The lowest BCUT2D eigenvalue weighted by atomic mass is 10.1. The van der Waals surface area contributed by atoms with E-state index in [1.54, 1.807) is 12.1 Å². The van der Waals surface area contributed by atoms with Crippen molar-refractivity contribution in [1.82, 2.24) is 0 Å². The number of hydrogen-bond donors (Lipinski definition) is 2. The molecule has 2 aromatic rings. The molecular formula is C21H23BrN2O4. The van der Waals surface area contributed by atoms with E-state index in [0.29, 0.717) is 11.4 Å². The lowest BCUT2D eigenvalue weighted by Gasteiger charge is -2.09. The van der Waals surface area contributed by atoms with Crippen LogP contribution >= 0.6 is 15.9 Å². The minimum Gasteiger partial charge on any atom is -0.456 e. The molecule has 0 fully saturated rings. The van der Waals surface area contributed by atoms with Crippen molar-refractivity contribution in [3.63, 3.8) is 0 Å². The number of nitrogens with one attached hydrogen (secondary N) is 2. The van der Waals surface area contributed by atoms with Crippen LogP contribution in [0, 0.1) is 20.8 Å². The van der Waals surface area contributed by atoms with Crippen LogP contribution in [-0.2, 0) is 19.1 Å². The number of hydrogen-bond acceptors (Lipinski definition) is 4. The van der Waals surface area contributed by atoms with Gasteiger partial charge in [0.25, 0.3) is 5.91 Å². The quantitative estimate of drug-likeness (QED) is 0.621. The molecule has 7 heteroatoms. The van der Waals surface area contributed by atoms with Crippen molar-refractivity contribution in [2.75, 3.05) is 17.2 Å². The summed E-state index contributed by atoms with van der Waals surface area (Å²) < 4.78 is 5.87. The average Bonchev–Trinajstić information content (AvgIpc) is 2.64. The number of halogens is 1. The Kier molecular flexibility index (Phi) is 7.75. The first-order valence-corrected chi connectivity index (χ1v) is 9.62. The number of carbonyl (C=O) groups excluding carboxylic acids is 3. The Labute approximate surface area is 172 Å². The topological polar surface area (TPSA) is 84.5 Å². The second-order valence-corrected chi connectivity index (χ2v) is 7.37. The molecule has 0 aromatic heterocycles. The summed E-state index contributed by atoms with van der Waals surface area (Å²) in [5, 5.41) is 5.40. The summed E-state index contributed by atoms with van der Waals surface area (Å²) in [6.07, 6.45) is -0.110. The first kappa shape index (κ1) is 21.6. The Morgan fingerprint density at radius 2 is 1.43 bits per heavy atom. The first-order chi connectivity index (χ1) is 13.2. The molecule has 6 nitrogen and oxygen atoms in total. The third-order valence-electron chi connectivity index (χ3n) is 4.15. The summed E-state index contributed by atoms with van der Waals surface area (Å²) in [5.74, 6) is -1.32.